The normalized spacial score (nSPS) is 12.0. The first kappa shape index (κ1) is 28.1. The summed E-state index contributed by atoms with van der Waals surface area (Å²) in [6.45, 7) is 0. The summed E-state index contributed by atoms with van der Waals surface area (Å²) in [6, 6.07) is 4.46. The van der Waals surface area contributed by atoms with Crippen LogP contribution in [0.1, 0.15) is 5.56 Å². The predicted molar refractivity (Wildman–Crippen MR) is 124 cm³/mol. The molecule has 0 radical (unpaired) electrons. The third-order valence-electron chi connectivity index (χ3n) is 6.43. The Labute approximate surface area is 221 Å². The first-order chi connectivity index (χ1) is 19.2. The second kappa shape index (κ2) is 9.60. The molecule has 0 aliphatic carbocycles. The molecule has 0 aliphatic heterocycles. The van der Waals surface area contributed by atoms with Crippen LogP contribution < -0.4 is 4.74 Å². The molecule has 0 fully saturated rings. The van der Waals surface area contributed by atoms with Gasteiger partial charge >= 0.3 is 6.18 Å². The van der Waals surface area contributed by atoms with E-state index in [9.17, 15) is 22.0 Å². The zero-order chi connectivity index (χ0) is 30.1. The van der Waals surface area contributed by atoms with E-state index in [4.69, 9.17) is 4.74 Å². The van der Waals surface area contributed by atoms with E-state index >= 15 is 30.7 Å². The van der Waals surface area contributed by atoms with E-state index in [0.29, 0.717) is 30.3 Å². The number of alkyl halides is 3. The molecule has 41 heavy (non-hydrogen) atoms. The van der Waals surface area contributed by atoms with E-state index in [2.05, 4.69) is 0 Å². The molecule has 212 valence electrons. The van der Waals surface area contributed by atoms with Crippen LogP contribution in [0.3, 0.4) is 0 Å². The maximum atomic E-state index is 15.4. The summed E-state index contributed by atoms with van der Waals surface area (Å²) in [5.41, 5.74) is -8.37. The maximum Gasteiger partial charge on any atom is 0.422 e. The third kappa shape index (κ3) is 4.13. The van der Waals surface area contributed by atoms with Gasteiger partial charge in [0.25, 0.3) is 0 Å². The largest absolute Gasteiger partial charge is 0.497 e. The van der Waals surface area contributed by atoms with Crippen LogP contribution in [0.5, 0.6) is 5.75 Å². The van der Waals surface area contributed by atoms with Crippen molar-refractivity contribution >= 4 is 21.5 Å². The molecular weight excluding hydrogens is 580 g/mol. The van der Waals surface area contributed by atoms with Gasteiger partial charge in [-0.2, -0.15) is 13.2 Å². The molecule has 0 unspecified atom stereocenters. The molecule has 1 nitrogen and oxygen atoms in total. The van der Waals surface area contributed by atoms with E-state index < -0.39 is 108 Å². The van der Waals surface area contributed by atoms with Crippen molar-refractivity contribution in [1.29, 1.82) is 0 Å². The van der Waals surface area contributed by atoms with Gasteiger partial charge in [-0.15, -0.1) is 0 Å². The molecule has 5 rings (SSSR count). The van der Waals surface area contributed by atoms with E-state index in [1.807, 2.05) is 0 Å². The van der Waals surface area contributed by atoms with Crippen LogP contribution in [0.2, 0.25) is 0 Å². The Morgan fingerprint density at radius 2 is 1.00 bits per heavy atom. The van der Waals surface area contributed by atoms with Gasteiger partial charge in [-0.05, 0) is 23.6 Å². The second-order valence-corrected chi connectivity index (χ2v) is 8.66. The van der Waals surface area contributed by atoms with Gasteiger partial charge in [0.15, 0.2) is 23.3 Å². The Bertz CT molecular complexity index is 1860. The van der Waals surface area contributed by atoms with Crippen molar-refractivity contribution in [1.82, 2.24) is 0 Å². The highest BCUT2D eigenvalue weighted by Crippen LogP contribution is 2.50. The lowest BCUT2D eigenvalue weighted by atomic mass is 9.84. The fourth-order valence-electron chi connectivity index (χ4n) is 4.80. The summed E-state index contributed by atoms with van der Waals surface area (Å²) in [6.07, 6.45) is -5.94. The average Bonchev–Trinajstić information content (AvgIpc) is 2.89. The molecule has 0 N–H and O–H groups in total. The highest BCUT2D eigenvalue weighted by atomic mass is 19.4. The quantitative estimate of drug-likeness (QED) is 0.116. The Hall–Kier alpha value is -4.42. The standard InChI is InChI=1S/C28H10F12O/c1-41-9-7-14(32)18(15(33)8-9)17-10-3-2-4-11(29)16(10)21(20-13(31)6-5-12(30)19(17)20)22-24(34)26(36)23(28(38,39)40)27(37)25(22)35/h2-8H,1H3. The molecule has 0 bridgehead atoms. The van der Waals surface area contributed by atoms with Gasteiger partial charge in [0.1, 0.15) is 40.4 Å². The lowest BCUT2D eigenvalue weighted by molar-refractivity contribution is -0.143. The minimum atomic E-state index is -5.94. The van der Waals surface area contributed by atoms with E-state index in [1.165, 1.54) is 0 Å². The van der Waals surface area contributed by atoms with Gasteiger partial charge < -0.3 is 4.74 Å². The number of methoxy groups -OCH3 is 1. The number of hydrogen-bond acceptors (Lipinski definition) is 1. The van der Waals surface area contributed by atoms with Crippen molar-refractivity contribution in [3.8, 4) is 28.0 Å². The summed E-state index contributed by atoms with van der Waals surface area (Å²) in [5, 5.41) is -4.32. The van der Waals surface area contributed by atoms with Crippen LogP contribution in [0.25, 0.3) is 43.8 Å². The fourth-order valence-corrected chi connectivity index (χ4v) is 4.80. The monoisotopic (exact) mass is 590 g/mol. The number of halogens is 12. The summed E-state index contributed by atoms with van der Waals surface area (Å²) in [4.78, 5) is 0. The lowest BCUT2D eigenvalue weighted by Crippen LogP contribution is -2.16. The summed E-state index contributed by atoms with van der Waals surface area (Å²) in [7, 11) is 1.06. The van der Waals surface area contributed by atoms with E-state index in [0.717, 1.165) is 19.2 Å². The number of rotatable bonds is 3. The molecule has 0 aromatic heterocycles. The topological polar surface area (TPSA) is 9.23 Å². The SMILES string of the molecule is COc1cc(F)c(-c2c3cccc(F)c3c(-c3c(F)c(F)c(C(F)(F)F)c(F)c3F)c3c(F)ccc(F)c23)c(F)c1. The minimum Gasteiger partial charge on any atom is -0.497 e. The van der Waals surface area contributed by atoms with E-state index in [1.54, 1.807) is 0 Å². The fraction of sp³-hybridized carbons (Fsp3) is 0.0714. The molecule has 0 saturated heterocycles. The van der Waals surface area contributed by atoms with Crippen molar-refractivity contribution in [2.75, 3.05) is 7.11 Å². The molecule has 0 heterocycles. The zero-order valence-electron chi connectivity index (χ0n) is 20.0. The average molecular weight is 590 g/mol. The molecule has 0 aliphatic rings. The minimum absolute atomic E-state index is 0.352. The molecule has 0 saturated carbocycles. The number of hydrogen-bond donors (Lipinski definition) is 0. The lowest BCUT2D eigenvalue weighted by Gasteiger charge is -2.21. The summed E-state index contributed by atoms with van der Waals surface area (Å²) >= 11 is 0. The Morgan fingerprint density at radius 1 is 0.512 bits per heavy atom. The summed E-state index contributed by atoms with van der Waals surface area (Å²) in [5.74, 6) is -19.2. The Morgan fingerprint density at radius 3 is 1.49 bits per heavy atom. The highest BCUT2D eigenvalue weighted by Gasteiger charge is 2.43. The first-order valence-electron chi connectivity index (χ1n) is 11.2. The van der Waals surface area contributed by atoms with Crippen LogP contribution >= 0.6 is 0 Å². The van der Waals surface area contributed by atoms with Crippen LogP contribution in [-0.4, -0.2) is 7.11 Å². The van der Waals surface area contributed by atoms with Crippen LogP contribution in [0.15, 0.2) is 42.5 Å². The molecule has 0 spiro atoms. The van der Waals surface area contributed by atoms with E-state index in [-0.39, 0.29) is 5.75 Å². The number of benzene rings is 5. The van der Waals surface area contributed by atoms with Gasteiger partial charge in [-0.1, -0.05) is 12.1 Å². The Balaban J connectivity index is 2.12. The maximum absolute atomic E-state index is 15.4. The molecular formula is C28H10F12O. The van der Waals surface area contributed by atoms with Crippen LogP contribution in [0.4, 0.5) is 52.7 Å². The Kier molecular flexibility index (Phi) is 6.58. The van der Waals surface area contributed by atoms with Gasteiger partial charge in [0.2, 0.25) is 0 Å². The zero-order valence-corrected chi connectivity index (χ0v) is 20.0. The number of fused-ring (bicyclic) bond motifs is 2. The second-order valence-electron chi connectivity index (χ2n) is 8.66. The van der Waals surface area contributed by atoms with Crippen molar-refractivity contribution in [3.63, 3.8) is 0 Å². The van der Waals surface area contributed by atoms with Crippen LogP contribution in [0, 0.1) is 52.4 Å². The van der Waals surface area contributed by atoms with Crippen molar-refractivity contribution in [3.05, 3.63) is 100 Å². The first-order valence-corrected chi connectivity index (χ1v) is 11.2. The van der Waals surface area contributed by atoms with Crippen molar-refractivity contribution in [2.24, 2.45) is 0 Å². The molecule has 5 aromatic carbocycles. The van der Waals surface area contributed by atoms with Gasteiger partial charge in [-0.25, -0.2) is 39.5 Å². The van der Waals surface area contributed by atoms with Crippen molar-refractivity contribution < 1.29 is 57.4 Å². The van der Waals surface area contributed by atoms with Crippen molar-refractivity contribution in [2.45, 2.75) is 6.18 Å². The molecule has 5 aromatic rings. The smallest absolute Gasteiger partial charge is 0.422 e. The number of ether oxygens (including phenoxy) is 1. The third-order valence-corrected chi connectivity index (χ3v) is 6.43. The molecule has 0 amide bonds. The van der Waals surface area contributed by atoms with Gasteiger partial charge in [-0.3, -0.25) is 0 Å². The van der Waals surface area contributed by atoms with Gasteiger partial charge in [0, 0.05) is 39.4 Å². The van der Waals surface area contributed by atoms with Gasteiger partial charge in [0.05, 0.1) is 18.2 Å². The molecule has 13 heteroatoms. The van der Waals surface area contributed by atoms with Crippen LogP contribution in [-0.2, 0) is 6.18 Å². The summed E-state index contributed by atoms with van der Waals surface area (Å²) < 4.78 is 181. The molecule has 0 atom stereocenters. The highest BCUT2D eigenvalue weighted by molar-refractivity contribution is 6.22. The predicted octanol–water partition coefficient (Wildman–Crippen LogP) is 9.61.